The predicted octanol–water partition coefficient (Wildman–Crippen LogP) is 3.32. The molecule has 0 radical (unpaired) electrons. The van der Waals surface area contributed by atoms with Gasteiger partial charge in [-0.15, -0.1) is 0 Å². The van der Waals surface area contributed by atoms with Crippen LogP contribution in [-0.2, 0) is 0 Å². The minimum Gasteiger partial charge on any atom is -0.496 e. The summed E-state index contributed by atoms with van der Waals surface area (Å²) in [4.78, 5) is 16.3. The molecule has 2 atom stereocenters. The zero-order valence-corrected chi connectivity index (χ0v) is 16.2. The molecule has 2 unspecified atom stereocenters. The number of primary amides is 1. The van der Waals surface area contributed by atoms with Gasteiger partial charge in [0.2, 0.25) is 0 Å². The first-order valence-electron chi connectivity index (χ1n) is 8.79. The number of hydrogen-bond acceptors (Lipinski definition) is 6. The smallest absolute Gasteiger partial charge is 0.252 e. The second-order valence-electron chi connectivity index (χ2n) is 6.87. The monoisotopic (exact) mass is 416 g/mol. The topological polar surface area (TPSA) is 126 Å². The molecular weight excluding hydrogens is 399 g/mol. The fourth-order valence-corrected chi connectivity index (χ4v) is 3.41. The van der Waals surface area contributed by atoms with Crippen LogP contribution in [-0.4, -0.2) is 24.0 Å². The number of nitrogens with zero attached hydrogens (tertiary/aromatic N) is 1. The van der Waals surface area contributed by atoms with Crippen molar-refractivity contribution in [2.45, 2.75) is 18.4 Å². The molecule has 1 fully saturated rings. The molecular formula is C20H18ClFN4O3. The number of nitrogen functional groups attached to an aromatic ring is 1. The van der Waals surface area contributed by atoms with E-state index in [-0.39, 0.29) is 39.7 Å². The summed E-state index contributed by atoms with van der Waals surface area (Å²) < 4.78 is 25.8. The maximum absolute atomic E-state index is 14.6. The van der Waals surface area contributed by atoms with Gasteiger partial charge in [-0.2, -0.15) is 0 Å². The summed E-state index contributed by atoms with van der Waals surface area (Å²) in [6.07, 6.45) is 2.38. The first-order chi connectivity index (χ1) is 13.8. The summed E-state index contributed by atoms with van der Waals surface area (Å²) in [5.41, 5.74) is 18.6. The average Bonchev–Trinajstić information content (AvgIpc) is 3.43. The van der Waals surface area contributed by atoms with Gasteiger partial charge in [0.15, 0.2) is 11.6 Å². The first kappa shape index (κ1) is 19.2. The van der Waals surface area contributed by atoms with E-state index >= 15 is 0 Å². The van der Waals surface area contributed by atoms with Crippen LogP contribution in [0.25, 0.3) is 10.9 Å². The molecule has 2 aromatic carbocycles. The van der Waals surface area contributed by atoms with Crippen LogP contribution in [0, 0.1) is 5.82 Å². The minimum atomic E-state index is -0.786. The van der Waals surface area contributed by atoms with Gasteiger partial charge in [-0.05, 0) is 24.6 Å². The Hall–Kier alpha value is -3.10. The van der Waals surface area contributed by atoms with Gasteiger partial charge in [0.25, 0.3) is 5.91 Å². The second kappa shape index (κ2) is 7.06. The van der Waals surface area contributed by atoms with Crippen molar-refractivity contribution in [2.24, 2.45) is 11.5 Å². The molecule has 1 aromatic heterocycles. The Bertz CT molecular complexity index is 1150. The molecule has 0 spiro atoms. The zero-order valence-electron chi connectivity index (χ0n) is 15.4. The maximum Gasteiger partial charge on any atom is 0.252 e. The molecule has 1 aliphatic carbocycles. The van der Waals surface area contributed by atoms with Crippen molar-refractivity contribution in [3.05, 3.63) is 52.4 Å². The number of amides is 1. The zero-order chi connectivity index (χ0) is 20.9. The standard InChI is InChI=1S/C20H18ClFN4O3/c1-28-16-6-14-9(4-10(16)20(25)27)19(11(7-26-14)8-5-13(8)24)29-15-3-2-12(23)17(21)18(15)22/h2-4,6-8,13H,5,23-24H2,1H3,(H2,25,27). The van der Waals surface area contributed by atoms with E-state index < -0.39 is 11.7 Å². The number of benzene rings is 2. The molecule has 3 aromatic rings. The lowest BCUT2D eigenvalue weighted by Gasteiger charge is -2.16. The molecule has 0 bridgehead atoms. The number of ether oxygens (including phenoxy) is 2. The molecule has 1 heterocycles. The number of fused-ring (bicyclic) bond motifs is 1. The number of aromatic nitrogens is 1. The molecule has 29 heavy (non-hydrogen) atoms. The van der Waals surface area contributed by atoms with E-state index in [9.17, 15) is 9.18 Å². The molecule has 0 saturated heterocycles. The van der Waals surface area contributed by atoms with Gasteiger partial charge in [0, 0.05) is 35.2 Å². The van der Waals surface area contributed by atoms with Crippen LogP contribution < -0.4 is 26.7 Å². The van der Waals surface area contributed by atoms with Crippen molar-refractivity contribution in [3.8, 4) is 17.2 Å². The van der Waals surface area contributed by atoms with Crippen LogP contribution in [0.4, 0.5) is 10.1 Å². The molecule has 1 saturated carbocycles. The molecule has 0 aliphatic heterocycles. The van der Waals surface area contributed by atoms with Crippen LogP contribution >= 0.6 is 11.6 Å². The molecule has 1 aliphatic rings. The van der Waals surface area contributed by atoms with Crippen molar-refractivity contribution < 1.29 is 18.7 Å². The first-order valence-corrected chi connectivity index (χ1v) is 9.17. The van der Waals surface area contributed by atoms with E-state index in [1.54, 1.807) is 12.3 Å². The van der Waals surface area contributed by atoms with Crippen molar-refractivity contribution in [1.82, 2.24) is 4.98 Å². The summed E-state index contributed by atoms with van der Waals surface area (Å²) >= 11 is 5.92. The number of hydrogen-bond donors (Lipinski definition) is 3. The van der Waals surface area contributed by atoms with Crippen molar-refractivity contribution in [2.75, 3.05) is 12.8 Å². The third-order valence-electron chi connectivity index (χ3n) is 4.96. The Morgan fingerprint density at radius 2 is 2.03 bits per heavy atom. The molecule has 6 N–H and O–H groups in total. The summed E-state index contributed by atoms with van der Waals surface area (Å²) in [7, 11) is 1.42. The summed E-state index contributed by atoms with van der Waals surface area (Å²) in [6.45, 7) is 0. The average molecular weight is 417 g/mol. The number of rotatable bonds is 5. The van der Waals surface area contributed by atoms with Gasteiger partial charge >= 0.3 is 0 Å². The summed E-state index contributed by atoms with van der Waals surface area (Å²) in [5, 5.41) is 0.244. The van der Waals surface area contributed by atoms with Crippen LogP contribution in [0.3, 0.4) is 0 Å². The lowest BCUT2D eigenvalue weighted by molar-refractivity contribution is 0.0997. The normalized spacial score (nSPS) is 17.9. The van der Waals surface area contributed by atoms with Gasteiger partial charge in [0.1, 0.15) is 16.5 Å². The Labute approximate surface area is 170 Å². The van der Waals surface area contributed by atoms with Crippen LogP contribution in [0.1, 0.15) is 28.3 Å². The molecule has 1 amide bonds. The number of halogens is 2. The van der Waals surface area contributed by atoms with Crippen molar-refractivity contribution in [1.29, 1.82) is 0 Å². The van der Waals surface area contributed by atoms with Gasteiger partial charge in [-0.1, -0.05) is 11.6 Å². The number of carbonyl (C=O) groups is 1. The van der Waals surface area contributed by atoms with Gasteiger partial charge < -0.3 is 26.7 Å². The fourth-order valence-electron chi connectivity index (χ4n) is 3.26. The minimum absolute atomic E-state index is 0.00773. The largest absolute Gasteiger partial charge is 0.496 e. The molecule has 4 rings (SSSR count). The molecule has 150 valence electrons. The van der Waals surface area contributed by atoms with E-state index in [0.29, 0.717) is 22.2 Å². The Morgan fingerprint density at radius 3 is 2.66 bits per heavy atom. The summed E-state index contributed by atoms with van der Waals surface area (Å²) in [5.74, 6) is -0.952. The highest BCUT2D eigenvalue weighted by molar-refractivity contribution is 6.33. The lowest BCUT2D eigenvalue weighted by Crippen LogP contribution is -2.12. The van der Waals surface area contributed by atoms with E-state index in [1.165, 1.54) is 25.3 Å². The maximum atomic E-state index is 14.6. The fraction of sp³-hybridized carbons (Fsp3) is 0.200. The Balaban J connectivity index is 1.95. The highest BCUT2D eigenvalue weighted by atomic mass is 35.5. The van der Waals surface area contributed by atoms with Crippen LogP contribution in [0.5, 0.6) is 17.2 Å². The number of nitrogens with two attached hydrogens (primary N) is 3. The predicted molar refractivity (Wildman–Crippen MR) is 108 cm³/mol. The SMILES string of the molecule is COc1cc2ncc(C3CC3N)c(Oc3ccc(N)c(Cl)c3F)c2cc1C(N)=O. The third kappa shape index (κ3) is 3.30. The molecule has 7 nitrogen and oxygen atoms in total. The van der Waals surface area contributed by atoms with Gasteiger partial charge in [0.05, 0.1) is 23.9 Å². The number of anilines is 1. The second-order valence-corrected chi connectivity index (χ2v) is 7.24. The molecule has 9 heteroatoms. The van der Waals surface area contributed by atoms with E-state index in [0.717, 1.165) is 6.42 Å². The van der Waals surface area contributed by atoms with Crippen molar-refractivity contribution >= 4 is 34.1 Å². The van der Waals surface area contributed by atoms with Crippen LogP contribution in [0.15, 0.2) is 30.5 Å². The van der Waals surface area contributed by atoms with Crippen LogP contribution in [0.2, 0.25) is 5.02 Å². The highest BCUT2D eigenvalue weighted by Crippen LogP contribution is 2.47. The van der Waals surface area contributed by atoms with E-state index in [4.69, 9.17) is 38.3 Å². The lowest BCUT2D eigenvalue weighted by atomic mass is 10.0. The van der Waals surface area contributed by atoms with Crippen molar-refractivity contribution in [3.63, 3.8) is 0 Å². The summed E-state index contributed by atoms with van der Waals surface area (Å²) in [6, 6.07) is 5.88. The number of carbonyl (C=O) groups excluding carboxylic acids is 1. The van der Waals surface area contributed by atoms with E-state index in [2.05, 4.69) is 4.98 Å². The highest BCUT2D eigenvalue weighted by Gasteiger charge is 2.38. The quantitative estimate of drug-likeness (QED) is 0.547. The number of methoxy groups -OCH3 is 1. The third-order valence-corrected chi connectivity index (χ3v) is 5.34. The number of pyridine rings is 1. The van der Waals surface area contributed by atoms with Gasteiger partial charge in [-0.3, -0.25) is 9.78 Å². The Kier molecular flexibility index (Phi) is 4.68. The van der Waals surface area contributed by atoms with E-state index in [1.807, 2.05) is 0 Å². The Morgan fingerprint density at radius 1 is 1.31 bits per heavy atom. The van der Waals surface area contributed by atoms with Gasteiger partial charge in [-0.25, -0.2) is 4.39 Å².